The molecule has 14 nitrogen and oxygen atoms in total. The van der Waals surface area contributed by atoms with Crippen LogP contribution in [0.15, 0.2) is 36.4 Å². The lowest BCUT2D eigenvalue weighted by atomic mass is 9.86. The van der Waals surface area contributed by atoms with E-state index in [1.807, 2.05) is 0 Å². The summed E-state index contributed by atoms with van der Waals surface area (Å²) in [6.45, 7) is 3.64. The molecule has 2 fully saturated rings. The smallest absolute Gasteiger partial charge is 0.347 e. The Labute approximate surface area is 290 Å². The summed E-state index contributed by atoms with van der Waals surface area (Å²) in [6.07, 6.45) is -11.7. The number of carbonyl (C=O) groups is 2. The molecule has 0 aliphatic carbocycles. The van der Waals surface area contributed by atoms with E-state index in [0.29, 0.717) is 19.1 Å². The Morgan fingerprint density at radius 3 is 1.67 bits per heavy atom. The maximum absolute atomic E-state index is 14.2. The van der Waals surface area contributed by atoms with E-state index in [4.69, 9.17) is 0 Å². The summed E-state index contributed by atoms with van der Waals surface area (Å²) in [6, 6.07) is -0.250. The number of halogens is 7. The van der Waals surface area contributed by atoms with Gasteiger partial charge in [0.15, 0.2) is 0 Å². The first-order chi connectivity index (χ1) is 23.3. The number of hydrogen-bond donors (Lipinski definition) is 8. The van der Waals surface area contributed by atoms with Gasteiger partial charge in [0.1, 0.15) is 5.82 Å². The lowest BCUT2D eigenvalue weighted by Crippen LogP contribution is -2.92. The number of carbonyl (C=O) groups excluding carboxylic acids is 2. The molecule has 0 radical (unpaired) electrons. The molecule has 2 atom stereocenters. The molecular formula is C31H37F7N4O10. The predicted octanol–water partition coefficient (Wildman–Crippen LogP) is 1.38. The van der Waals surface area contributed by atoms with Crippen molar-refractivity contribution in [2.45, 2.75) is 94.2 Å². The first-order valence-corrected chi connectivity index (χ1v) is 15.3. The van der Waals surface area contributed by atoms with Gasteiger partial charge in [0.2, 0.25) is 5.91 Å². The maximum atomic E-state index is 14.2. The van der Waals surface area contributed by atoms with E-state index in [2.05, 4.69) is 0 Å². The highest BCUT2D eigenvalue weighted by molar-refractivity contribution is 5.76. The zero-order valence-electron chi connectivity index (χ0n) is 28.1. The fourth-order valence-corrected chi connectivity index (χ4v) is 6.66. The molecule has 2 saturated heterocycles. The monoisotopic (exact) mass is 758 g/mol. The third-order valence-electron chi connectivity index (χ3n) is 9.71. The number of alkyl halides is 6. The van der Waals surface area contributed by atoms with Gasteiger partial charge in [-0.25, -0.2) is 14.1 Å². The van der Waals surface area contributed by atoms with E-state index in [-0.39, 0.29) is 22.1 Å². The number of aliphatic hydroxyl groups is 8. The van der Waals surface area contributed by atoms with Gasteiger partial charge in [0.05, 0.1) is 22.7 Å². The molecule has 8 N–H and O–H groups in total. The molecule has 0 spiro atoms. The van der Waals surface area contributed by atoms with Crippen LogP contribution in [-0.4, -0.2) is 116 Å². The summed E-state index contributed by atoms with van der Waals surface area (Å²) in [7, 11) is 1.08. The molecule has 2 heterocycles. The summed E-state index contributed by atoms with van der Waals surface area (Å²) in [5.74, 6) is -19.7. The van der Waals surface area contributed by atoms with Gasteiger partial charge in [-0.1, -0.05) is 6.07 Å². The number of piperidine rings is 1. The maximum Gasteiger partial charge on any atom is 0.416 e. The van der Waals surface area contributed by atoms with Crippen LogP contribution in [-0.2, 0) is 22.7 Å². The minimum atomic E-state index is -5.21. The molecule has 2 aromatic carbocycles. The van der Waals surface area contributed by atoms with Gasteiger partial charge in [-0.2, -0.15) is 31.2 Å². The van der Waals surface area contributed by atoms with Crippen molar-refractivity contribution in [1.29, 1.82) is 0 Å². The van der Waals surface area contributed by atoms with Crippen molar-refractivity contribution < 1.29 is 81.2 Å². The van der Waals surface area contributed by atoms with Gasteiger partial charge < -0.3 is 50.7 Å². The van der Waals surface area contributed by atoms with Crippen molar-refractivity contribution in [3.8, 4) is 0 Å². The highest BCUT2D eigenvalue weighted by Crippen LogP contribution is 2.49. The van der Waals surface area contributed by atoms with Crippen molar-refractivity contribution in [2.75, 3.05) is 13.6 Å². The van der Waals surface area contributed by atoms with Crippen LogP contribution in [0, 0.1) is 12.7 Å². The Bertz CT molecular complexity index is 1670. The molecule has 3 amide bonds. The van der Waals surface area contributed by atoms with Crippen LogP contribution in [0.3, 0.4) is 0 Å². The zero-order valence-corrected chi connectivity index (χ0v) is 28.1. The predicted molar refractivity (Wildman–Crippen MR) is 159 cm³/mol. The Kier molecular flexibility index (Phi) is 10.1. The van der Waals surface area contributed by atoms with Crippen LogP contribution in [0.2, 0.25) is 0 Å². The fraction of sp³-hybridized carbons (Fsp3) is 0.548. The molecule has 2 aromatic rings. The van der Waals surface area contributed by atoms with E-state index in [9.17, 15) is 81.2 Å². The molecule has 21 heteroatoms. The Morgan fingerprint density at radius 1 is 0.788 bits per heavy atom. The van der Waals surface area contributed by atoms with Crippen LogP contribution < -0.4 is 0 Å². The number of likely N-dealkylation sites (tertiary alicyclic amines) is 1. The van der Waals surface area contributed by atoms with Gasteiger partial charge in [-0.05, 0) is 80.6 Å². The molecule has 0 aromatic heterocycles. The molecule has 4 rings (SSSR count). The molecule has 52 heavy (non-hydrogen) atoms. The van der Waals surface area contributed by atoms with Crippen LogP contribution in [0.4, 0.5) is 35.5 Å². The standard InChI is InChI=1S/C31H37F7N4O10/c1-15-10-20(32)6-7-22(15)23-14-21(42-30(49,50)28(45,46)41(16(2)43)29(47,48)31(42,51)52)8-9-40(23)24(44)39(5)25(3,4)17-11-18(26(33,34)35)13-19(12-17)27(36,37)38/h6-7,10-13,21,23,45-52H,8-9,14H2,1-5H3. The lowest BCUT2D eigenvalue weighted by Gasteiger charge is -2.63. The SMILES string of the molecule is CC(=O)N1C(O)(O)C(O)(O)N(C2CCN(C(=O)N(C)C(C)(C)c3cc(C(F)(F)F)cc(C(F)(F)F)c3)C(c3ccc(F)cc3C)C2)C(O)(O)C1(O)O. The number of aryl methyl sites for hydroxylation is 1. The van der Waals surface area contributed by atoms with E-state index in [0.717, 1.165) is 29.0 Å². The molecule has 2 aliphatic heterocycles. The van der Waals surface area contributed by atoms with Crippen molar-refractivity contribution in [3.05, 3.63) is 70.0 Å². The van der Waals surface area contributed by atoms with Crippen LogP contribution >= 0.6 is 0 Å². The Morgan fingerprint density at radius 2 is 1.25 bits per heavy atom. The second kappa shape index (κ2) is 12.7. The number of urea groups is 1. The highest BCUT2D eigenvalue weighted by Gasteiger charge is 2.79. The molecular weight excluding hydrogens is 721 g/mol. The first kappa shape index (κ1) is 41.1. The molecule has 2 aliphatic rings. The van der Waals surface area contributed by atoms with Gasteiger partial charge >= 0.3 is 42.0 Å². The Balaban J connectivity index is 1.82. The topological polar surface area (TPSA) is 209 Å². The van der Waals surface area contributed by atoms with Crippen molar-refractivity contribution in [1.82, 2.24) is 19.6 Å². The second-order valence-electron chi connectivity index (χ2n) is 13.3. The number of rotatable bonds is 4. The highest BCUT2D eigenvalue weighted by atomic mass is 19.4. The number of piperazine rings is 1. The van der Waals surface area contributed by atoms with E-state index >= 15 is 0 Å². The molecule has 0 saturated carbocycles. The van der Waals surface area contributed by atoms with Gasteiger partial charge in [-0.3, -0.25) is 4.79 Å². The average molecular weight is 759 g/mol. The van der Waals surface area contributed by atoms with Gasteiger partial charge in [-0.15, -0.1) is 0 Å². The third kappa shape index (κ3) is 6.57. The molecule has 0 bridgehead atoms. The largest absolute Gasteiger partial charge is 0.416 e. The molecule has 2 unspecified atom stereocenters. The lowest BCUT2D eigenvalue weighted by molar-refractivity contribution is -0.604. The number of hydrogen-bond acceptors (Lipinski definition) is 11. The quantitative estimate of drug-likeness (QED) is 0.165. The summed E-state index contributed by atoms with van der Waals surface area (Å²) in [4.78, 5) is 27.0. The summed E-state index contributed by atoms with van der Waals surface area (Å²) in [5.41, 5.74) is -5.51. The molecule has 290 valence electrons. The second-order valence-corrected chi connectivity index (χ2v) is 13.3. The minimum absolute atomic E-state index is 0.0820. The summed E-state index contributed by atoms with van der Waals surface area (Å²) in [5, 5.41) is 86.3. The van der Waals surface area contributed by atoms with Crippen molar-refractivity contribution in [3.63, 3.8) is 0 Å². The van der Waals surface area contributed by atoms with Gasteiger partial charge in [0, 0.05) is 26.6 Å². The van der Waals surface area contributed by atoms with Crippen molar-refractivity contribution >= 4 is 11.9 Å². The normalized spacial score (nSPS) is 23.4. The Hall–Kier alpha value is -3.67. The van der Waals surface area contributed by atoms with Gasteiger partial charge in [0.25, 0.3) is 0 Å². The first-order valence-electron chi connectivity index (χ1n) is 15.3. The van der Waals surface area contributed by atoms with E-state index in [1.54, 1.807) is 0 Å². The van der Waals surface area contributed by atoms with Crippen LogP contribution in [0.1, 0.15) is 67.5 Å². The third-order valence-corrected chi connectivity index (χ3v) is 9.71. The van der Waals surface area contributed by atoms with Crippen molar-refractivity contribution in [2.24, 2.45) is 0 Å². The van der Waals surface area contributed by atoms with Crippen LogP contribution in [0.5, 0.6) is 0 Å². The minimum Gasteiger partial charge on any atom is -0.347 e. The number of nitrogens with zero attached hydrogens (tertiary/aromatic N) is 4. The zero-order chi connectivity index (χ0) is 39.9. The fourth-order valence-electron chi connectivity index (χ4n) is 6.66. The van der Waals surface area contributed by atoms with Crippen LogP contribution in [0.25, 0.3) is 0 Å². The van der Waals surface area contributed by atoms with E-state index < -0.39 is 112 Å². The number of amides is 3. The number of benzene rings is 2. The van der Waals surface area contributed by atoms with E-state index in [1.165, 1.54) is 26.8 Å². The average Bonchev–Trinajstić information content (AvgIpc) is 2.97. The summed E-state index contributed by atoms with van der Waals surface area (Å²) < 4.78 is 96.4. The summed E-state index contributed by atoms with van der Waals surface area (Å²) >= 11 is 0.